The van der Waals surface area contributed by atoms with E-state index in [-0.39, 0.29) is 12.3 Å². The van der Waals surface area contributed by atoms with Gasteiger partial charge in [-0.15, -0.1) is 11.3 Å². The number of ether oxygens (including phenoxy) is 3. The minimum atomic E-state index is -0.118. The SMILES string of the molecule is COc1cc(OC)c(OC)cc1CNC(=O)Cc1csc(-c2cccc(Br)c2)n1. The summed E-state index contributed by atoms with van der Waals surface area (Å²) in [6, 6.07) is 11.5. The molecule has 8 heteroatoms. The highest BCUT2D eigenvalue weighted by Gasteiger charge is 2.14. The van der Waals surface area contributed by atoms with Crippen LogP contribution in [0.3, 0.4) is 0 Å². The van der Waals surface area contributed by atoms with Gasteiger partial charge in [0, 0.05) is 33.6 Å². The summed E-state index contributed by atoms with van der Waals surface area (Å²) in [5.41, 5.74) is 2.56. The Hall–Kier alpha value is -2.58. The number of benzene rings is 2. The zero-order valence-corrected chi connectivity index (χ0v) is 18.7. The van der Waals surface area contributed by atoms with Gasteiger partial charge < -0.3 is 19.5 Å². The van der Waals surface area contributed by atoms with E-state index in [1.807, 2.05) is 29.6 Å². The van der Waals surface area contributed by atoms with Crippen LogP contribution in [0.2, 0.25) is 0 Å². The van der Waals surface area contributed by atoms with Crippen LogP contribution in [-0.4, -0.2) is 32.2 Å². The standard InChI is InChI=1S/C21H21BrN2O4S/c1-26-17-10-19(28-3)18(27-2)8-14(17)11-23-20(25)9-16-12-29-21(24-16)13-5-4-6-15(22)7-13/h4-8,10,12H,9,11H2,1-3H3,(H,23,25). The van der Waals surface area contributed by atoms with Gasteiger partial charge in [0.2, 0.25) is 5.91 Å². The Morgan fingerprint density at radius 3 is 2.48 bits per heavy atom. The zero-order valence-electron chi connectivity index (χ0n) is 16.3. The van der Waals surface area contributed by atoms with Gasteiger partial charge >= 0.3 is 0 Å². The Kier molecular flexibility index (Phi) is 7.11. The molecule has 0 aliphatic heterocycles. The molecule has 3 aromatic rings. The van der Waals surface area contributed by atoms with Crippen LogP contribution in [-0.2, 0) is 17.8 Å². The first kappa shape index (κ1) is 21.1. The van der Waals surface area contributed by atoms with E-state index in [4.69, 9.17) is 14.2 Å². The van der Waals surface area contributed by atoms with E-state index in [0.29, 0.717) is 23.8 Å². The summed E-state index contributed by atoms with van der Waals surface area (Å²) < 4.78 is 17.0. The second-order valence-corrected chi connectivity index (χ2v) is 7.90. The molecule has 29 heavy (non-hydrogen) atoms. The lowest BCUT2D eigenvalue weighted by atomic mass is 10.1. The first-order chi connectivity index (χ1) is 14.0. The molecule has 6 nitrogen and oxygen atoms in total. The summed E-state index contributed by atoms with van der Waals surface area (Å²) >= 11 is 4.99. The number of carbonyl (C=O) groups excluding carboxylic acids is 1. The summed E-state index contributed by atoms with van der Waals surface area (Å²) in [5, 5.41) is 5.71. The van der Waals surface area contributed by atoms with Crippen molar-refractivity contribution < 1.29 is 19.0 Å². The number of hydrogen-bond donors (Lipinski definition) is 1. The van der Waals surface area contributed by atoms with Crippen LogP contribution in [0.5, 0.6) is 17.2 Å². The quantitative estimate of drug-likeness (QED) is 0.519. The summed E-state index contributed by atoms with van der Waals surface area (Å²) in [6.07, 6.45) is 0.208. The average Bonchev–Trinajstić information content (AvgIpc) is 3.20. The predicted octanol–water partition coefficient (Wildman–Crippen LogP) is 4.46. The summed E-state index contributed by atoms with van der Waals surface area (Å²) in [5.74, 6) is 1.65. The van der Waals surface area contributed by atoms with E-state index >= 15 is 0 Å². The van der Waals surface area contributed by atoms with E-state index in [1.54, 1.807) is 33.5 Å². The Morgan fingerprint density at radius 1 is 1.07 bits per heavy atom. The molecule has 152 valence electrons. The molecule has 0 aliphatic rings. The number of aromatic nitrogens is 1. The molecular weight excluding hydrogens is 456 g/mol. The molecule has 0 aliphatic carbocycles. The highest BCUT2D eigenvalue weighted by Crippen LogP contribution is 2.34. The fraction of sp³-hybridized carbons (Fsp3) is 0.238. The third-order valence-corrected chi connectivity index (χ3v) is 5.66. The van der Waals surface area contributed by atoms with Gasteiger partial charge in [0.1, 0.15) is 10.8 Å². The molecule has 0 fully saturated rings. The van der Waals surface area contributed by atoms with Gasteiger partial charge in [0.25, 0.3) is 0 Å². The van der Waals surface area contributed by atoms with Gasteiger partial charge in [-0.3, -0.25) is 4.79 Å². The molecule has 2 aromatic carbocycles. The van der Waals surface area contributed by atoms with Crippen LogP contribution in [0.25, 0.3) is 10.6 Å². The largest absolute Gasteiger partial charge is 0.496 e. The molecule has 0 atom stereocenters. The van der Waals surface area contributed by atoms with Crippen molar-refractivity contribution in [1.29, 1.82) is 0 Å². The number of amides is 1. The molecule has 1 N–H and O–H groups in total. The number of halogens is 1. The summed E-state index contributed by atoms with van der Waals surface area (Å²) in [6.45, 7) is 0.311. The molecule has 1 heterocycles. The highest BCUT2D eigenvalue weighted by atomic mass is 79.9. The molecular formula is C21H21BrN2O4S. The second kappa shape index (κ2) is 9.76. The van der Waals surface area contributed by atoms with Gasteiger partial charge in [-0.2, -0.15) is 0 Å². The predicted molar refractivity (Wildman–Crippen MR) is 117 cm³/mol. The van der Waals surface area contributed by atoms with E-state index in [2.05, 4.69) is 26.2 Å². The minimum absolute atomic E-state index is 0.118. The maximum Gasteiger partial charge on any atom is 0.226 e. The average molecular weight is 477 g/mol. The lowest BCUT2D eigenvalue weighted by Crippen LogP contribution is -2.25. The lowest BCUT2D eigenvalue weighted by molar-refractivity contribution is -0.120. The molecule has 1 aromatic heterocycles. The lowest BCUT2D eigenvalue weighted by Gasteiger charge is -2.14. The smallest absolute Gasteiger partial charge is 0.226 e. The molecule has 0 saturated carbocycles. The third kappa shape index (κ3) is 5.27. The minimum Gasteiger partial charge on any atom is -0.496 e. The first-order valence-electron chi connectivity index (χ1n) is 8.80. The Morgan fingerprint density at radius 2 is 1.79 bits per heavy atom. The van der Waals surface area contributed by atoms with Crippen molar-refractivity contribution in [2.24, 2.45) is 0 Å². The van der Waals surface area contributed by atoms with Crippen LogP contribution >= 0.6 is 27.3 Å². The molecule has 0 radical (unpaired) electrons. The van der Waals surface area contributed by atoms with Crippen molar-refractivity contribution >= 4 is 33.2 Å². The topological polar surface area (TPSA) is 69.7 Å². The van der Waals surface area contributed by atoms with Crippen LogP contribution in [0.4, 0.5) is 0 Å². The molecule has 0 spiro atoms. The highest BCUT2D eigenvalue weighted by molar-refractivity contribution is 9.10. The van der Waals surface area contributed by atoms with Crippen molar-refractivity contribution in [2.45, 2.75) is 13.0 Å². The zero-order chi connectivity index (χ0) is 20.8. The monoisotopic (exact) mass is 476 g/mol. The second-order valence-electron chi connectivity index (χ2n) is 6.13. The van der Waals surface area contributed by atoms with Gasteiger partial charge in [-0.05, 0) is 18.2 Å². The number of thiazole rings is 1. The first-order valence-corrected chi connectivity index (χ1v) is 10.5. The molecule has 0 saturated heterocycles. The number of methoxy groups -OCH3 is 3. The van der Waals surface area contributed by atoms with Crippen molar-refractivity contribution in [3.63, 3.8) is 0 Å². The van der Waals surface area contributed by atoms with E-state index in [0.717, 1.165) is 26.3 Å². The Labute approximate surface area is 182 Å². The third-order valence-electron chi connectivity index (χ3n) is 4.23. The number of nitrogens with zero attached hydrogens (tertiary/aromatic N) is 1. The van der Waals surface area contributed by atoms with Crippen molar-refractivity contribution in [3.05, 3.63) is 57.5 Å². The van der Waals surface area contributed by atoms with Gasteiger partial charge in [-0.1, -0.05) is 28.1 Å². The van der Waals surface area contributed by atoms with Crippen LogP contribution < -0.4 is 19.5 Å². The number of hydrogen-bond acceptors (Lipinski definition) is 6. The fourth-order valence-corrected chi connectivity index (χ4v) is 4.01. The molecule has 1 amide bonds. The number of nitrogens with one attached hydrogen (secondary N) is 1. The number of carbonyl (C=O) groups is 1. The molecule has 0 bridgehead atoms. The van der Waals surface area contributed by atoms with E-state index < -0.39 is 0 Å². The normalized spacial score (nSPS) is 10.5. The van der Waals surface area contributed by atoms with Gasteiger partial charge in [-0.25, -0.2) is 4.98 Å². The Balaban J connectivity index is 1.65. The fourth-order valence-electron chi connectivity index (χ4n) is 2.79. The maximum atomic E-state index is 12.4. The number of rotatable bonds is 8. The molecule has 0 unspecified atom stereocenters. The van der Waals surface area contributed by atoms with E-state index in [9.17, 15) is 4.79 Å². The van der Waals surface area contributed by atoms with Crippen molar-refractivity contribution in [1.82, 2.24) is 10.3 Å². The Bertz CT molecular complexity index is 1010. The summed E-state index contributed by atoms with van der Waals surface area (Å²) in [7, 11) is 4.71. The van der Waals surface area contributed by atoms with E-state index in [1.165, 1.54) is 11.3 Å². The van der Waals surface area contributed by atoms with Crippen molar-refractivity contribution in [2.75, 3.05) is 21.3 Å². The van der Waals surface area contributed by atoms with Crippen molar-refractivity contribution in [3.8, 4) is 27.8 Å². The van der Waals surface area contributed by atoms with Crippen LogP contribution in [0, 0.1) is 0 Å². The van der Waals surface area contributed by atoms with Gasteiger partial charge in [0.15, 0.2) is 11.5 Å². The van der Waals surface area contributed by atoms with Gasteiger partial charge in [0.05, 0.1) is 33.4 Å². The maximum absolute atomic E-state index is 12.4. The molecule has 3 rings (SSSR count). The van der Waals surface area contributed by atoms with Crippen LogP contribution in [0.15, 0.2) is 46.3 Å². The summed E-state index contributed by atoms with van der Waals surface area (Å²) in [4.78, 5) is 17.0. The van der Waals surface area contributed by atoms with Crippen LogP contribution in [0.1, 0.15) is 11.3 Å².